The molecule has 1 aliphatic heterocycles. The Hall–Kier alpha value is -1.26. The molecule has 1 atom stereocenters. The summed E-state index contributed by atoms with van der Waals surface area (Å²) in [5.41, 5.74) is 0.686. The Morgan fingerprint density at radius 2 is 2.14 bits per heavy atom. The molecule has 1 heterocycles. The van der Waals surface area contributed by atoms with Gasteiger partial charge in [0.25, 0.3) is 5.91 Å². The number of halogens is 1. The largest absolute Gasteiger partial charge is 0.494 e. The van der Waals surface area contributed by atoms with Crippen LogP contribution in [0.3, 0.4) is 0 Å². The zero-order valence-corrected chi connectivity index (χ0v) is 13.4. The van der Waals surface area contributed by atoms with Crippen molar-refractivity contribution in [1.29, 1.82) is 0 Å². The van der Waals surface area contributed by atoms with Gasteiger partial charge in [-0.3, -0.25) is 4.79 Å². The summed E-state index contributed by atoms with van der Waals surface area (Å²) in [6, 6.07) is 7.78. The number of hydrogen-bond donors (Lipinski definition) is 2. The maximum Gasteiger partial charge on any atom is 0.251 e. The molecule has 1 saturated heterocycles. The van der Waals surface area contributed by atoms with Gasteiger partial charge >= 0.3 is 0 Å². The van der Waals surface area contributed by atoms with E-state index in [1.165, 1.54) is 6.42 Å². The second-order valence-corrected chi connectivity index (χ2v) is 5.23. The van der Waals surface area contributed by atoms with Crippen LogP contribution in [0.25, 0.3) is 0 Å². The van der Waals surface area contributed by atoms with Gasteiger partial charge in [-0.25, -0.2) is 0 Å². The minimum Gasteiger partial charge on any atom is -0.494 e. The smallest absolute Gasteiger partial charge is 0.251 e. The maximum atomic E-state index is 12.0. The van der Waals surface area contributed by atoms with E-state index in [1.807, 2.05) is 24.3 Å². The molecule has 1 fully saturated rings. The summed E-state index contributed by atoms with van der Waals surface area (Å²) in [5, 5.41) is 6.34. The van der Waals surface area contributed by atoms with Crippen LogP contribution in [0.4, 0.5) is 0 Å². The average molecular weight is 313 g/mol. The highest BCUT2D eigenvalue weighted by Crippen LogP contribution is 2.13. The summed E-state index contributed by atoms with van der Waals surface area (Å²) in [6.45, 7) is 4.63. The fourth-order valence-electron chi connectivity index (χ4n) is 2.29. The fraction of sp³-hybridized carbons (Fsp3) is 0.562. The van der Waals surface area contributed by atoms with Crippen molar-refractivity contribution in [3.8, 4) is 5.75 Å². The predicted octanol–water partition coefficient (Wildman–Crippen LogP) is 2.77. The van der Waals surface area contributed by atoms with Gasteiger partial charge in [0.15, 0.2) is 0 Å². The molecule has 4 nitrogen and oxygen atoms in total. The van der Waals surface area contributed by atoms with E-state index in [0.717, 1.165) is 38.2 Å². The summed E-state index contributed by atoms with van der Waals surface area (Å²) in [7, 11) is 0. The molecule has 2 rings (SSSR count). The Morgan fingerprint density at radius 3 is 2.76 bits per heavy atom. The molecule has 0 radical (unpaired) electrons. The number of unbranched alkanes of at least 4 members (excludes halogenated alkanes) is 1. The monoisotopic (exact) mass is 312 g/mol. The zero-order chi connectivity index (χ0) is 14.2. The number of carbonyl (C=O) groups excluding carboxylic acids is 1. The van der Waals surface area contributed by atoms with Gasteiger partial charge in [0.05, 0.1) is 6.61 Å². The van der Waals surface area contributed by atoms with E-state index in [0.29, 0.717) is 18.2 Å². The van der Waals surface area contributed by atoms with E-state index < -0.39 is 0 Å². The van der Waals surface area contributed by atoms with E-state index in [2.05, 4.69) is 17.6 Å². The minimum absolute atomic E-state index is 0. The average Bonchev–Trinajstić information content (AvgIpc) is 2.99. The molecule has 5 heteroatoms. The van der Waals surface area contributed by atoms with Crippen molar-refractivity contribution < 1.29 is 9.53 Å². The first-order chi connectivity index (χ1) is 9.79. The van der Waals surface area contributed by atoms with Gasteiger partial charge in [-0.05, 0) is 50.1 Å². The second-order valence-electron chi connectivity index (χ2n) is 5.23. The van der Waals surface area contributed by atoms with Crippen LogP contribution in [-0.4, -0.2) is 31.6 Å². The van der Waals surface area contributed by atoms with Crippen LogP contribution in [0.5, 0.6) is 5.75 Å². The van der Waals surface area contributed by atoms with E-state index >= 15 is 0 Å². The lowest BCUT2D eigenvalue weighted by molar-refractivity contribution is 0.0950. The first-order valence-electron chi connectivity index (χ1n) is 7.54. The van der Waals surface area contributed by atoms with E-state index in [-0.39, 0.29) is 18.3 Å². The van der Waals surface area contributed by atoms with Crippen LogP contribution in [0.15, 0.2) is 24.3 Å². The summed E-state index contributed by atoms with van der Waals surface area (Å²) in [4.78, 5) is 12.0. The van der Waals surface area contributed by atoms with Crippen LogP contribution in [-0.2, 0) is 0 Å². The number of benzene rings is 1. The van der Waals surface area contributed by atoms with Crippen LogP contribution >= 0.6 is 12.4 Å². The highest BCUT2D eigenvalue weighted by atomic mass is 35.5. The molecule has 1 aliphatic rings. The third kappa shape index (κ3) is 5.94. The summed E-state index contributed by atoms with van der Waals surface area (Å²) in [6.07, 6.45) is 4.52. The molecule has 1 unspecified atom stereocenters. The molecule has 0 spiro atoms. The first-order valence-corrected chi connectivity index (χ1v) is 7.54. The molecular formula is C16H25ClN2O2. The fourth-order valence-corrected chi connectivity index (χ4v) is 2.29. The molecule has 21 heavy (non-hydrogen) atoms. The minimum atomic E-state index is -0.0150. The van der Waals surface area contributed by atoms with E-state index in [1.54, 1.807) is 0 Å². The lowest BCUT2D eigenvalue weighted by Crippen LogP contribution is -2.37. The number of carbonyl (C=O) groups is 1. The van der Waals surface area contributed by atoms with Gasteiger partial charge in [0.2, 0.25) is 0 Å². The third-order valence-electron chi connectivity index (χ3n) is 3.55. The van der Waals surface area contributed by atoms with Gasteiger partial charge in [-0.15, -0.1) is 12.4 Å². The standard InChI is InChI=1S/C16H24N2O2.ClH/c1-2-3-11-20-15-8-6-13(7-9-15)16(19)18-12-14-5-4-10-17-14;/h6-9,14,17H,2-5,10-12H2,1H3,(H,18,19);1H. The van der Waals surface area contributed by atoms with Gasteiger partial charge in [0.1, 0.15) is 5.75 Å². The molecule has 2 N–H and O–H groups in total. The number of hydrogen-bond acceptors (Lipinski definition) is 3. The molecule has 1 aromatic carbocycles. The van der Waals surface area contributed by atoms with E-state index in [4.69, 9.17) is 4.74 Å². The second kappa shape index (κ2) is 9.64. The normalized spacial score (nSPS) is 17.1. The first kappa shape index (κ1) is 17.8. The number of amides is 1. The van der Waals surface area contributed by atoms with Gasteiger partial charge in [-0.1, -0.05) is 13.3 Å². The van der Waals surface area contributed by atoms with Crippen LogP contribution in [0, 0.1) is 0 Å². The van der Waals surface area contributed by atoms with Crippen molar-refractivity contribution >= 4 is 18.3 Å². The topological polar surface area (TPSA) is 50.4 Å². The Balaban J connectivity index is 0.00000220. The molecular weight excluding hydrogens is 288 g/mol. The summed E-state index contributed by atoms with van der Waals surface area (Å²) < 4.78 is 5.58. The quantitative estimate of drug-likeness (QED) is 0.761. The number of nitrogens with one attached hydrogen (secondary N) is 2. The van der Waals surface area contributed by atoms with Gasteiger partial charge < -0.3 is 15.4 Å². The summed E-state index contributed by atoms with van der Waals surface area (Å²) in [5.74, 6) is 0.811. The third-order valence-corrected chi connectivity index (χ3v) is 3.55. The van der Waals surface area contributed by atoms with Crippen molar-refractivity contribution in [1.82, 2.24) is 10.6 Å². The van der Waals surface area contributed by atoms with E-state index in [9.17, 15) is 4.79 Å². The molecule has 0 aliphatic carbocycles. The lowest BCUT2D eigenvalue weighted by Gasteiger charge is -2.11. The number of ether oxygens (including phenoxy) is 1. The van der Waals surface area contributed by atoms with Crippen molar-refractivity contribution in [2.75, 3.05) is 19.7 Å². The summed E-state index contributed by atoms with van der Waals surface area (Å²) >= 11 is 0. The van der Waals surface area contributed by atoms with Gasteiger partial charge in [-0.2, -0.15) is 0 Å². The maximum absolute atomic E-state index is 12.0. The molecule has 0 saturated carbocycles. The van der Waals surface area contributed by atoms with Crippen molar-refractivity contribution in [3.05, 3.63) is 29.8 Å². The highest BCUT2D eigenvalue weighted by molar-refractivity contribution is 5.94. The lowest BCUT2D eigenvalue weighted by atomic mass is 10.2. The van der Waals surface area contributed by atoms with Crippen LogP contribution in [0.2, 0.25) is 0 Å². The molecule has 0 aromatic heterocycles. The van der Waals surface area contributed by atoms with Crippen molar-refractivity contribution in [3.63, 3.8) is 0 Å². The number of rotatable bonds is 7. The molecule has 118 valence electrons. The van der Waals surface area contributed by atoms with Crippen LogP contribution in [0.1, 0.15) is 43.0 Å². The Kier molecular flexibility index (Phi) is 8.16. The molecule has 1 aromatic rings. The highest BCUT2D eigenvalue weighted by Gasteiger charge is 2.15. The van der Waals surface area contributed by atoms with Crippen molar-refractivity contribution in [2.24, 2.45) is 0 Å². The molecule has 0 bridgehead atoms. The SMILES string of the molecule is CCCCOc1ccc(C(=O)NCC2CCCN2)cc1.Cl. The molecule has 1 amide bonds. The van der Waals surface area contributed by atoms with Crippen molar-refractivity contribution in [2.45, 2.75) is 38.6 Å². The van der Waals surface area contributed by atoms with Gasteiger partial charge in [0, 0.05) is 18.2 Å². The Morgan fingerprint density at radius 1 is 1.38 bits per heavy atom. The Bertz CT molecular complexity index is 417. The Labute approximate surface area is 133 Å². The predicted molar refractivity (Wildman–Crippen MR) is 87.5 cm³/mol. The zero-order valence-electron chi connectivity index (χ0n) is 12.6. The van der Waals surface area contributed by atoms with Crippen LogP contribution < -0.4 is 15.4 Å².